The van der Waals surface area contributed by atoms with Gasteiger partial charge < -0.3 is 23.9 Å². The number of carbonyl (C=O) groups excluding carboxylic acids is 2. The number of phenols is 1. The molecular formula is C42H41N5O9. The van der Waals surface area contributed by atoms with Gasteiger partial charge in [-0.25, -0.2) is 28.5 Å². The summed E-state index contributed by atoms with van der Waals surface area (Å²) in [6, 6.07) is 17.1. The van der Waals surface area contributed by atoms with E-state index in [0.717, 1.165) is 10.1 Å². The van der Waals surface area contributed by atoms with E-state index in [1.54, 1.807) is 45.2 Å². The van der Waals surface area contributed by atoms with Crippen LogP contribution in [0.25, 0.3) is 11.0 Å². The van der Waals surface area contributed by atoms with Crippen LogP contribution < -0.4 is 31.1 Å². The molecule has 0 bridgehead atoms. The van der Waals surface area contributed by atoms with Gasteiger partial charge in [0.15, 0.2) is 23.1 Å². The molecule has 1 fully saturated rings. The van der Waals surface area contributed by atoms with E-state index in [0.29, 0.717) is 45.0 Å². The molecule has 2 aromatic heterocycles. The van der Waals surface area contributed by atoms with Crippen LogP contribution in [0.2, 0.25) is 0 Å². The highest BCUT2D eigenvalue weighted by molar-refractivity contribution is 6.13. The summed E-state index contributed by atoms with van der Waals surface area (Å²) >= 11 is 0. The third-order valence-corrected chi connectivity index (χ3v) is 11.8. The first-order valence-corrected chi connectivity index (χ1v) is 18.4. The van der Waals surface area contributed by atoms with Gasteiger partial charge in [-0.1, -0.05) is 49.4 Å². The van der Waals surface area contributed by atoms with Crippen molar-refractivity contribution in [2.45, 2.75) is 58.3 Å². The van der Waals surface area contributed by atoms with Crippen molar-refractivity contribution in [3.8, 4) is 23.0 Å². The SMILES string of the molecule is COc1cc2nc(CCn3c(=O)n4n(c3=O)[C@@H]3C[C@H]5C(=O)C=C(C)C(=O)[C@@]5(C)[C@@H](c5ccc(OCc6ccccc6)cc5O)C3=CC4)c(=O)n(C)c2cc1OC. The second-order valence-corrected chi connectivity index (χ2v) is 14.8. The Morgan fingerprint density at radius 3 is 2.39 bits per heavy atom. The van der Waals surface area contributed by atoms with E-state index in [1.807, 2.05) is 36.4 Å². The van der Waals surface area contributed by atoms with Gasteiger partial charge in [-0.15, -0.1) is 0 Å². The quantitative estimate of drug-likeness (QED) is 0.217. The number of nitrogens with zero attached hydrogens (tertiary/aromatic N) is 5. The highest BCUT2D eigenvalue weighted by atomic mass is 16.5. The minimum Gasteiger partial charge on any atom is -0.508 e. The molecule has 1 aliphatic heterocycles. The number of fused-ring (bicyclic) bond motifs is 5. The van der Waals surface area contributed by atoms with E-state index >= 15 is 0 Å². The van der Waals surface area contributed by atoms with Crippen LogP contribution in [0.15, 0.2) is 98.3 Å². The molecule has 3 aromatic carbocycles. The molecule has 3 heterocycles. The molecule has 56 heavy (non-hydrogen) atoms. The second kappa shape index (κ2) is 13.7. The van der Waals surface area contributed by atoms with Gasteiger partial charge in [-0.05, 0) is 42.2 Å². The Morgan fingerprint density at radius 2 is 1.68 bits per heavy atom. The number of rotatable bonds is 9. The van der Waals surface area contributed by atoms with Gasteiger partial charge in [0.2, 0.25) is 0 Å². The van der Waals surface area contributed by atoms with Crippen molar-refractivity contribution in [1.29, 1.82) is 0 Å². The lowest BCUT2D eigenvalue weighted by Gasteiger charge is -2.52. The molecule has 14 nitrogen and oxygen atoms in total. The van der Waals surface area contributed by atoms with Gasteiger partial charge in [-0.2, -0.15) is 0 Å². The van der Waals surface area contributed by atoms with E-state index in [9.17, 15) is 29.1 Å². The van der Waals surface area contributed by atoms with Gasteiger partial charge in [0.05, 0.1) is 43.3 Å². The van der Waals surface area contributed by atoms with Crippen molar-refractivity contribution in [2.24, 2.45) is 18.4 Å². The van der Waals surface area contributed by atoms with Gasteiger partial charge in [-0.3, -0.25) is 14.4 Å². The molecule has 4 atom stereocenters. The molecular weight excluding hydrogens is 718 g/mol. The predicted molar refractivity (Wildman–Crippen MR) is 205 cm³/mol. The van der Waals surface area contributed by atoms with Gasteiger partial charge in [0.1, 0.15) is 23.8 Å². The monoisotopic (exact) mass is 759 g/mol. The maximum atomic E-state index is 14.3. The first-order valence-electron chi connectivity index (χ1n) is 18.4. The van der Waals surface area contributed by atoms with E-state index < -0.39 is 34.7 Å². The number of hydrogen-bond acceptors (Lipinski definition) is 10. The van der Waals surface area contributed by atoms with E-state index in [-0.39, 0.29) is 61.1 Å². The smallest absolute Gasteiger partial charge is 0.347 e. The number of hydrogen-bond donors (Lipinski definition) is 1. The molecule has 0 amide bonds. The normalized spacial score (nSPS) is 21.5. The number of carbonyl (C=O) groups is 2. The van der Waals surface area contributed by atoms with Gasteiger partial charge >= 0.3 is 11.4 Å². The van der Waals surface area contributed by atoms with Crippen LogP contribution in [-0.2, 0) is 42.8 Å². The van der Waals surface area contributed by atoms with E-state index in [1.165, 1.54) is 40.3 Å². The Kier molecular flexibility index (Phi) is 8.93. The van der Waals surface area contributed by atoms with Crippen LogP contribution in [0.5, 0.6) is 23.0 Å². The molecule has 5 aromatic rings. The lowest BCUT2D eigenvalue weighted by Crippen LogP contribution is -2.54. The number of allylic oxidation sites excluding steroid dienone is 4. The van der Waals surface area contributed by atoms with Crippen LogP contribution in [0.3, 0.4) is 0 Å². The number of benzene rings is 3. The maximum Gasteiger partial charge on any atom is 0.347 e. The average molecular weight is 760 g/mol. The lowest BCUT2D eigenvalue weighted by atomic mass is 9.51. The zero-order valence-corrected chi connectivity index (χ0v) is 31.6. The Bertz CT molecular complexity index is 2700. The number of aryl methyl sites for hydroxylation is 2. The van der Waals surface area contributed by atoms with E-state index in [2.05, 4.69) is 4.98 Å². The summed E-state index contributed by atoms with van der Waals surface area (Å²) in [4.78, 5) is 74.3. The summed E-state index contributed by atoms with van der Waals surface area (Å²) in [6.45, 7) is 3.53. The van der Waals surface area contributed by atoms with Crippen LogP contribution in [0.4, 0.5) is 0 Å². The van der Waals surface area contributed by atoms with Gasteiger partial charge in [0, 0.05) is 55.6 Å². The molecule has 0 spiro atoms. The van der Waals surface area contributed by atoms with Crippen molar-refractivity contribution >= 4 is 22.6 Å². The number of methoxy groups -OCH3 is 2. The molecule has 3 aliphatic rings. The third-order valence-electron chi connectivity index (χ3n) is 11.8. The molecule has 14 heteroatoms. The molecule has 0 radical (unpaired) electrons. The highest BCUT2D eigenvalue weighted by Crippen LogP contribution is 2.61. The lowest BCUT2D eigenvalue weighted by molar-refractivity contribution is -0.139. The number of Topliss-reactive ketones (excluding diaryl/α,β-unsaturated/α-hetero) is 1. The summed E-state index contributed by atoms with van der Waals surface area (Å²) in [5.74, 6) is -0.970. The minimum atomic E-state index is -1.29. The molecule has 2 aliphatic carbocycles. The van der Waals surface area contributed by atoms with Gasteiger partial charge in [0.25, 0.3) is 5.56 Å². The first kappa shape index (κ1) is 36.5. The number of ether oxygens (including phenoxy) is 3. The maximum absolute atomic E-state index is 14.3. The van der Waals surface area contributed by atoms with Crippen molar-refractivity contribution in [3.63, 3.8) is 0 Å². The van der Waals surface area contributed by atoms with Crippen molar-refractivity contribution < 1.29 is 28.9 Å². The van der Waals surface area contributed by atoms with E-state index in [4.69, 9.17) is 14.2 Å². The van der Waals surface area contributed by atoms with Crippen LogP contribution in [0.1, 0.15) is 49.0 Å². The number of phenolic OH excluding ortho intramolecular Hbond substituents is 1. The average Bonchev–Trinajstić information content (AvgIpc) is 3.44. The van der Waals surface area contributed by atoms with Crippen LogP contribution >= 0.6 is 0 Å². The summed E-state index contributed by atoms with van der Waals surface area (Å²) in [7, 11) is 4.60. The van der Waals surface area contributed by atoms with Crippen LogP contribution in [0, 0.1) is 11.3 Å². The summed E-state index contributed by atoms with van der Waals surface area (Å²) in [6.07, 6.45) is 3.25. The fraction of sp³-hybridized carbons (Fsp3) is 0.333. The molecule has 288 valence electrons. The number of aromatic hydroxyl groups is 1. The number of ketones is 2. The largest absolute Gasteiger partial charge is 0.508 e. The fourth-order valence-electron chi connectivity index (χ4n) is 8.93. The predicted octanol–water partition coefficient (Wildman–Crippen LogP) is 3.99. The fourth-order valence-corrected chi connectivity index (χ4v) is 8.93. The standard InChI is InChI=1S/C42H41N5O9/c1-23-17-34(49)28-19-31-26(37(42(28,2)38(23)50)27-12-11-25(18-33(27)48)56-22-24-9-7-6-8-10-24)13-16-46-40(52)45(41(53)47(31)46)15-14-29-39(51)44(3)32-21-36(55-5)35(54-4)20-30(32)43-29/h6-13,17-18,20-21,28,31,37,48H,14-16,19,22H2,1-5H3/t28-,31+,37+,42+/m0/s1. The topological polar surface area (TPSA) is 166 Å². The first-order chi connectivity index (χ1) is 26.9. The van der Waals surface area contributed by atoms with Crippen molar-refractivity contribution in [2.75, 3.05) is 14.2 Å². The Labute approximate surface area is 320 Å². The Hall–Kier alpha value is -6.44. The summed E-state index contributed by atoms with van der Waals surface area (Å²) in [5, 5.41) is 11.6. The molecule has 1 saturated carbocycles. The number of aromatic nitrogens is 5. The molecule has 8 rings (SSSR count). The van der Waals surface area contributed by atoms with Crippen molar-refractivity contribution in [1.82, 2.24) is 23.5 Å². The minimum absolute atomic E-state index is 0.0117. The molecule has 0 saturated heterocycles. The molecule has 0 unspecified atom stereocenters. The highest BCUT2D eigenvalue weighted by Gasteiger charge is 2.60. The summed E-state index contributed by atoms with van der Waals surface area (Å²) < 4.78 is 22.0. The summed E-state index contributed by atoms with van der Waals surface area (Å²) in [5.41, 5.74) is 0.605. The van der Waals surface area contributed by atoms with Crippen LogP contribution in [-0.4, -0.2) is 54.4 Å². The Morgan fingerprint density at radius 1 is 0.946 bits per heavy atom. The third kappa shape index (κ3) is 5.61. The second-order valence-electron chi connectivity index (χ2n) is 14.8. The Balaban J connectivity index is 1.16. The van der Waals surface area contributed by atoms with Crippen molar-refractivity contribution in [3.05, 3.63) is 132 Å². The zero-order valence-electron chi connectivity index (χ0n) is 31.6. The zero-order chi connectivity index (χ0) is 39.6. The molecule has 1 N–H and O–H groups in total.